The molecule has 0 aromatic heterocycles. The van der Waals surface area contributed by atoms with Crippen molar-refractivity contribution in [2.45, 2.75) is 12.6 Å². The summed E-state index contributed by atoms with van der Waals surface area (Å²) in [6.45, 7) is 1.28. The zero-order valence-electron chi connectivity index (χ0n) is 12.3. The van der Waals surface area contributed by atoms with E-state index >= 15 is 0 Å². The van der Waals surface area contributed by atoms with Crippen molar-refractivity contribution in [3.8, 4) is 5.75 Å². The van der Waals surface area contributed by atoms with Gasteiger partial charge in [-0.1, -0.05) is 48.0 Å². The molecule has 0 aliphatic heterocycles. The molecule has 2 aromatic rings. The standard InChI is InChI=1S/C17H20ClNO2/c1-19(12-16(20)14-6-4-3-5-7-14)11-13-8-9-17(21-2)15(18)10-13/h3-10,16,20H,11-12H2,1-2H3. The Hall–Kier alpha value is -1.55. The third-order valence-corrected chi connectivity index (χ3v) is 3.63. The summed E-state index contributed by atoms with van der Waals surface area (Å²) in [6, 6.07) is 15.4. The summed E-state index contributed by atoms with van der Waals surface area (Å²) >= 11 is 6.12. The number of rotatable bonds is 6. The Morgan fingerprint density at radius 3 is 2.52 bits per heavy atom. The van der Waals surface area contributed by atoms with Crippen LogP contribution < -0.4 is 4.74 Å². The van der Waals surface area contributed by atoms with Gasteiger partial charge in [0.15, 0.2) is 0 Å². The van der Waals surface area contributed by atoms with E-state index in [4.69, 9.17) is 16.3 Å². The molecule has 3 nitrogen and oxygen atoms in total. The van der Waals surface area contributed by atoms with E-state index in [-0.39, 0.29) is 0 Å². The Morgan fingerprint density at radius 2 is 1.90 bits per heavy atom. The average Bonchev–Trinajstić information content (AvgIpc) is 2.48. The molecule has 0 saturated carbocycles. The molecule has 2 aromatic carbocycles. The van der Waals surface area contributed by atoms with E-state index in [0.29, 0.717) is 23.9 Å². The third kappa shape index (κ3) is 4.46. The zero-order chi connectivity index (χ0) is 15.2. The van der Waals surface area contributed by atoms with Crippen LogP contribution in [0.2, 0.25) is 5.02 Å². The second-order valence-electron chi connectivity index (χ2n) is 5.09. The lowest BCUT2D eigenvalue weighted by Gasteiger charge is -2.21. The second kappa shape index (κ2) is 7.46. The molecule has 2 rings (SSSR count). The summed E-state index contributed by atoms with van der Waals surface area (Å²) in [4.78, 5) is 2.07. The lowest BCUT2D eigenvalue weighted by atomic mass is 10.1. The van der Waals surface area contributed by atoms with Crippen molar-refractivity contribution in [1.82, 2.24) is 4.90 Å². The summed E-state index contributed by atoms with van der Waals surface area (Å²) in [5.41, 5.74) is 2.01. The van der Waals surface area contributed by atoms with E-state index in [1.165, 1.54) is 0 Å². The molecule has 0 fully saturated rings. The molecule has 0 aliphatic rings. The predicted octanol–water partition coefficient (Wildman–Crippen LogP) is 3.51. The van der Waals surface area contributed by atoms with Crippen LogP contribution in [0.3, 0.4) is 0 Å². The van der Waals surface area contributed by atoms with Crippen molar-refractivity contribution in [3.05, 3.63) is 64.7 Å². The number of aliphatic hydroxyl groups is 1. The van der Waals surface area contributed by atoms with Crippen LogP contribution >= 0.6 is 11.6 Å². The van der Waals surface area contributed by atoms with Crippen LogP contribution in [0, 0.1) is 0 Å². The Bertz CT molecular complexity index is 574. The highest BCUT2D eigenvalue weighted by Crippen LogP contribution is 2.25. The molecule has 1 unspecified atom stereocenters. The summed E-state index contributed by atoms with van der Waals surface area (Å²) in [5, 5.41) is 10.8. The van der Waals surface area contributed by atoms with Crippen molar-refractivity contribution in [2.24, 2.45) is 0 Å². The molecule has 0 bridgehead atoms. The summed E-state index contributed by atoms with van der Waals surface area (Å²) in [6.07, 6.45) is -0.495. The summed E-state index contributed by atoms with van der Waals surface area (Å²) in [7, 11) is 3.58. The van der Waals surface area contributed by atoms with Crippen molar-refractivity contribution in [3.63, 3.8) is 0 Å². The maximum atomic E-state index is 10.2. The number of hydrogen-bond acceptors (Lipinski definition) is 3. The largest absolute Gasteiger partial charge is 0.495 e. The van der Waals surface area contributed by atoms with Crippen LogP contribution in [0.1, 0.15) is 17.2 Å². The van der Waals surface area contributed by atoms with Crippen LogP contribution in [0.15, 0.2) is 48.5 Å². The van der Waals surface area contributed by atoms with Crippen LogP contribution in [-0.2, 0) is 6.54 Å². The van der Waals surface area contributed by atoms with Gasteiger partial charge in [-0.15, -0.1) is 0 Å². The van der Waals surface area contributed by atoms with Crippen molar-refractivity contribution in [1.29, 1.82) is 0 Å². The zero-order valence-corrected chi connectivity index (χ0v) is 13.0. The maximum absolute atomic E-state index is 10.2. The van der Waals surface area contributed by atoms with Gasteiger partial charge in [-0.3, -0.25) is 4.90 Å². The smallest absolute Gasteiger partial charge is 0.137 e. The minimum absolute atomic E-state index is 0.495. The first kappa shape index (κ1) is 15.8. The predicted molar refractivity (Wildman–Crippen MR) is 85.7 cm³/mol. The van der Waals surface area contributed by atoms with Gasteiger partial charge in [0.2, 0.25) is 0 Å². The summed E-state index contributed by atoms with van der Waals surface area (Å²) < 4.78 is 5.14. The highest BCUT2D eigenvalue weighted by molar-refractivity contribution is 6.32. The van der Waals surface area contributed by atoms with Crippen LogP contribution in [-0.4, -0.2) is 30.7 Å². The number of methoxy groups -OCH3 is 1. The molecule has 112 valence electrons. The second-order valence-corrected chi connectivity index (χ2v) is 5.50. The minimum atomic E-state index is -0.495. The topological polar surface area (TPSA) is 32.7 Å². The highest BCUT2D eigenvalue weighted by atomic mass is 35.5. The quantitative estimate of drug-likeness (QED) is 0.886. The number of aliphatic hydroxyl groups excluding tert-OH is 1. The number of hydrogen-bond donors (Lipinski definition) is 1. The number of ether oxygens (including phenoxy) is 1. The number of nitrogens with zero attached hydrogens (tertiary/aromatic N) is 1. The van der Waals surface area contributed by atoms with Gasteiger partial charge in [0.25, 0.3) is 0 Å². The normalized spacial score (nSPS) is 12.4. The van der Waals surface area contributed by atoms with E-state index in [1.54, 1.807) is 7.11 Å². The van der Waals surface area contributed by atoms with Gasteiger partial charge >= 0.3 is 0 Å². The van der Waals surface area contributed by atoms with Crippen LogP contribution in [0.5, 0.6) is 5.75 Å². The Balaban J connectivity index is 1.95. The lowest BCUT2D eigenvalue weighted by Crippen LogP contribution is -2.24. The Labute approximate surface area is 130 Å². The molecule has 0 spiro atoms. The van der Waals surface area contributed by atoms with E-state index in [1.807, 2.05) is 55.6 Å². The minimum Gasteiger partial charge on any atom is -0.495 e. The molecule has 4 heteroatoms. The van der Waals surface area contributed by atoms with Crippen LogP contribution in [0.4, 0.5) is 0 Å². The fraction of sp³-hybridized carbons (Fsp3) is 0.294. The SMILES string of the molecule is COc1ccc(CN(C)CC(O)c2ccccc2)cc1Cl. The fourth-order valence-electron chi connectivity index (χ4n) is 2.26. The molecule has 0 saturated heterocycles. The average molecular weight is 306 g/mol. The first-order chi connectivity index (χ1) is 10.1. The van der Waals surface area contributed by atoms with Gasteiger partial charge in [0, 0.05) is 13.1 Å². The highest BCUT2D eigenvalue weighted by Gasteiger charge is 2.11. The fourth-order valence-corrected chi connectivity index (χ4v) is 2.54. The van der Waals surface area contributed by atoms with Gasteiger partial charge < -0.3 is 9.84 Å². The molecule has 0 radical (unpaired) electrons. The summed E-state index contributed by atoms with van der Waals surface area (Å²) in [5.74, 6) is 0.674. The monoisotopic (exact) mass is 305 g/mol. The lowest BCUT2D eigenvalue weighted by molar-refractivity contribution is 0.124. The van der Waals surface area contributed by atoms with Gasteiger partial charge in [0.1, 0.15) is 5.75 Å². The maximum Gasteiger partial charge on any atom is 0.137 e. The number of likely N-dealkylation sites (N-methyl/N-ethyl adjacent to an activating group) is 1. The van der Waals surface area contributed by atoms with E-state index in [0.717, 1.165) is 11.1 Å². The molecule has 1 N–H and O–H groups in total. The van der Waals surface area contributed by atoms with Crippen molar-refractivity contribution < 1.29 is 9.84 Å². The molecule has 0 amide bonds. The van der Waals surface area contributed by atoms with Gasteiger partial charge in [-0.05, 0) is 30.3 Å². The van der Waals surface area contributed by atoms with Gasteiger partial charge in [-0.25, -0.2) is 0 Å². The first-order valence-electron chi connectivity index (χ1n) is 6.84. The van der Waals surface area contributed by atoms with E-state index in [2.05, 4.69) is 4.90 Å². The van der Waals surface area contributed by atoms with E-state index < -0.39 is 6.10 Å². The van der Waals surface area contributed by atoms with Gasteiger partial charge in [0.05, 0.1) is 18.2 Å². The molecular formula is C17H20ClNO2. The van der Waals surface area contributed by atoms with Crippen molar-refractivity contribution >= 4 is 11.6 Å². The third-order valence-electron chi connectivity index (χ3n) is 3.34. The molecule has 0 aliphatic carbocycles. The first-order valence-corrected chi connectivity index (χ1v) is 7.22. The molecule has 21 heavy (non-hydrogen) atoms. The molecule has 0 heterocycles. The Morgan fingerprint density at radius 1 is 1.19 bits per heavy atom. The van der Waals surface area contributed by atoms with Crippen LogP contribution in [0.25, 0.3) is 0 Å². The van der Waals surface area contributed by atoms with Gasteiger partial charge in [-0.2, -0.15) is 0 Å². The molecular weight excluding hydrogens is 286 g/mol. The molecule has 1 atom stereocenters. The Kier molecular flexibility index (Phi) is 5.62. The van der Waals surface area contributed by atoms with Crippen molar-refractivity contribution in [2.75, 3.05) is 20.7 Å². The number of benzene rings is 2. The number of halogens is 1. The van der Waals surface area contributed by atoms with E-state index in [9.17, 15) is 5.11 Å².